The van der Waals surface area contributed by atoms with Gasteiger partial charge in [0.15, 0.2) is 0 Å². The Morgan fingerprint density at radius 1 is 1.57 bits per heavy atom. The molecule has 0 amide bonds. The average Bonchev–Trinajstić information content (AvgIpc) is 2.97. The third kappa shape index (κ3) is 1.48. The maximum atomic E-state index is 6.19. The maximum absolute atomic E-state index is 6.19. The fraction of sp³-hybridized carbons (Fsp3) is 0.545. The summed E-state index contributed by atoms with van der Waals surface area (Å²) in [7, 11) is 1.63. The van der Waals surface area contributed by atoms with Gasteiger partial charge in [-0.15, -0.1) is 0 Å². The van der Waals surface area contributed by atoms with E-state index in [-0.39, 0.29) is 11.5 Å². The highest BCUT2D eigenvalue weighted by atomic mass is 16.5. The summed E-state index contributed by atoms with van der Waals surface area (Å²) in [5.41, 5.74) is 7.47. The number of hydrogen-bond donors (Lipinski definition) is 1. The molecule has 1 aliphatic rings. The van der Waals surface area contributed by atoms with Crippen LogP contribution in [0.1, 0.15) is 31.4 Å². The van der Waals surface area contributed by atoms with E-state index in [1.165, 1.54) is 12.8 Å². The highest BCUT2D eigenvalue weighted by Gasteiger charge is 2.44. The molecule has 0 aliphatic heterocycles. The second-order valence-corrected chi connectivity index (χ2v) is 4.23. The summed E-state index contributed by atoms with van der Waals surface area (Å²) in [4.78, 5) is 4.16. The fourth-order valence-corrected chi connectivity index (χ4v) is 1.69. The van der Waals surface area contributed by atoms with Gasteiger partial charge in [-0.25, -0.2) is 4.98 Å². The highest BCUT2D eigenvalue weighted by Crippen LogP contribution is 2.54. The van der Waals surface area contributed by atoms with E-state index < -0.39 is 0 Å². The SMILES string of the molecule is COc1ncccc1C(N)C1(C)CC1. The minimum Gasteiger partial charge on any atom is -0.481 e. The Morgan fingerprint density at radius 2 is 2.29 bits per heavy atom. The molecule has 3 nitrogen and oxygen atoms in total. The van der Waals surface area contributed by atoms with Crippen LogP contribution < -0.4 is 10.5 Å². The van der Waals surface area contributed by atoms with Gasteiger partial charge in [-0.3, -0.25) is 0 Å². The first-order chi connectivity index (χ1) is 6.67. The predicted molar refractivity (Wildman–Crippen MR) is 55.1 cm³/mol. The van der Waals surface area contributed by atoms with Crippen molar-refractivity contribution >= 4 is 0 Å². The number of hydrogen-bond acceptors (Lipinski definition) is 3. The number of nitrogens with two attached hydrogens (primary N) is 1. The van der Waals surface area contributed by atoms with Crippen LogP contribution >= 0.6 is 0 Å². The zero-order chi connectivity index (χ0) is 10.2. The van der Waals surface area contributed by atoms with Gasteiger partial charge in [0, 0.05) is 17.8 Å². The lowest BCUT2D eigenvalue weighted by atomic mass is 9.93. The van der Waals surface area contributed by atoms with Crippen LogP contribution in [-0.4, -0.2) is 12.1 Å². The monoisotopic (exact) mass is 192 g/mol. The molecule has 2 N–H and O–H groups in total. The lowest BCUT2D eigenvalue weighted by Crippen LogP contribution is -2.21. The van der Waals surface area contributed by atoms with Gasteiger partial charge in [0.25, 0.3) is 0 Å². The quantitative estimate of drug-likeness (QED) is 0.795. The Bertz CT molecular complexity index is 334. The summed E-state index contributed by atoms with van der Waals surface area (Å²) >= 11 is 0. The molecule has 1 unspecified atom stereocenters. The normalized spacial score (nSPS) is 20.2. The van der Waals surface area contributed by atoms with Crippen LogP contribution in [0.4, 0.5) is 0 Å². The van der Waals surface area contributed by atoms with E-state index in [2.05, 4.69) is 11.9 Å². The number of nitrogens with zero attached hydrogens (tertiary/aromatic N) is 1. The van der Waals surface area contributed by atoms with Crippen LogP contribution in [0.2, 0.25) is 0 Å². The van der Waals surface area contributed by atoms with Crippen molar-refractivity contribution in [2.24, 2.45) is 11.1 Å². The number of pyridine rings is 1. The predicted octanol–water partition coefficient (Wildman–Crippen LogP) is 1.89. The molecule has 76 valence electrons. The first-order valence-electron chi connectivity index (χ1n) is 4.92. The molecule has 1 aliphatic carbocycles. The summed E-state index contributed by atoms with van der Waals surface area (Å²) < 4.78 is 5.20. The fourth-order valence-electron chi connectivity index (χ4n) is 1.69. The Kier molecular flexibility index (Phi) is 2.19. The molecule has 1 heterocycles. The first kappa shape index (κ1) is 9.46. The number of aromatic nitrogens is 1. The van der Waals surface area contributed by atoms with Crippen LogP contribution in [0.25, 0.3) is 0 Å². The third-order valence-electron chi connectivity index (χ3n) is 3.12. The molecule has 1 aromatic rings. The van der Waals surface area contributed by atoms with Crippen LogP contribution in [0.3, 0.4) is 0 Å². The van der Waals surface area contributed by atoms with Crippen molar-refractivity contribution in [3.05, 3.63) is 23.9 Å². The molecular formula is C11H16N2O. The van der Waals surface area contributed by atoms with Crippen molar-refractivity contribution in [3.63, 3.8) is 0 Å². The topological polar surface area (TPSA) is 48.1 Å². The van der Waals surface area contributed by atoms with Gasteiger partial charge < -0.3 is 10.5 Å². The largest absolute Gasteiger partial charge is 0.481 e. The standard InChI is InChI=1S/C11H16N2O/c1-11(5-6-11)9(12)8-4-3-7-13-10(8)14-2/h3-4,7,9H,5-6,12H2,1-2H3. The highest BCUT2D eigenvalue weighted by molar-refractivity contribution is 5.31. The summed E-state index contributed by atoms with van der Waals surface area (Å²) in [5.74, 6) is 0.660. The van der Waals surface area contributed by atoms with Gasteiger partial charge in [-0.2, -0.15) is 0 Å². The molecule has 1 fully saturated rings. The molecule has 0 radical (unpaired) electrons. The zero-order valence-corrected chi connectivity index (χ0v) is 8.66. The minimum atomic E-state index is 0.0474. The zero-order valence-electron chi connectivity index (χ0n) is 8.66. The van der Waals surface area contributed by atoms with E-state index in [0.29, 0.717) is 5.88 Å². The molecule has 0 spiro atoms. The maximum Gasteiger partial charge on any atom is 0.217 e. The smallest absolute Gasteiger partial charge is 0.217 e. The number of methoxy groups -OCH3 is 1. The summed E-state index contributed by atoms with van der Waals surface area (Å²) in [5, 5.41) is 0. The summed E-state index contributed by atoms with van der Waals surface area (Å²) in [6.45, 7) is 2.21. The van der Waals surface area contributed by atoms with Gasteiger partial charge in [-0.1, -0.05) is 13.0 Å². The van der Waals surface area contributed by atoms with Gasteiger partial charge in [0.2, 0.25) is 5.88 Å². The van der Waals surface area contributed by atoms with E-state index in [9.17, 15) is 0 Å². The van der Waals surface area contributed by atoms with Crippen LogP contribution in [0.5, 0.6) is 5.88 Å². The van der Waals surface area contributed by atoms with E-state index in [1.54, 1.807) is 13.3 Å². The Balaban J connectivity index is 2.30. The molecule has 2 rings (SSSR count). The molecule has 1 saturated carbocycles. The van der Waals surface area contributed by atoms with E-state index >= 15 is 0 Å². The van der Waals surface area contributed by atoms with Crippen molar-refractivity contribution in [1.29, 1.82) is 0 Å². The lowest BCUT2D eigenvalue weighted by molar-refractivity contribution is 0.371. The second kappa shape index (κ2) is 3.24. The summed E-state index contributed by atoms with van der Waals surface area (Å²) in [6, 6.07) is 3.95. The Morgan fingerprint density at radius 3 is 2.86 bits per heavy atom. The van der Waals surface area contributed by atoms with E-state index in [1.807, 2.05) is 12.1 Å². The second-order valence-electron chi connectivity index (χ2n) is 4.23. The molecule has 0 saturated heterocycles. The third-order valence-corrected chi connectivity index (χ3v) is 3.12. The minimum absolute atomic E-state index is 0.0474. The van der Waals surface area contributed by atoms with Crippen molar-refractivity contribution < 1.29 is 4.74 Å². The van der Waals surface area contributed by atoms with E-state index in [4.69, 9.17) is 10.5 Å². The molecule has 1 aromatic heterocycles. The molecule has 1 atom stereocenters. The van der Waals surface area contributed by atoms with E-state index in [0.717, 1.165) is 5.56 Å². The first-order valence-corrected chi connectivity index (χ1v) is 4.92. The van der Waals surface area contributed by atoms with Crippen LogP contribution in [-0.2, 0) is 0 Å². The van der Waals surface area contributed by atoms with Crippen LogP contribution in [0.15, 0.2) is 18.3 Å². The molecule has 14 heavy (non-hydrogen) atoms. The molecule has 0 aromatic carbocycles. The van der Waals surface area contributed by atoms with Crippen LogP contribution in [0, 0.1) is 5.41 Å². The van der Waals surface area contributed by atoms with Crippen molar-refractivity contribution in [1.82, 2.24) is 4.98 Å². The number of rotatable bonds is 3. The molecule has 0 bridgehead atoms. The van der Waals surface area contributed by atoms with Gasteiger partial charge in [0.05, 0.1) is 7.11 Å². The van der Waals surface area contributed by atoms with Gasteiger partial charge in [0.1, 0.15) is 0 Å². The Hall–Kier alpha value is -1.09. The van der Waals surface area contributed by atoms with Crippen molar-refractivity contribution in [3.8, 4) is 5.88 Å². The van der Waals surface area contributed by atoms with Gasteiger partial charge >= 0.3 is 0 Å². The molecule has 3 heteroatoms. The lowest BCUT2D eigenvalue weighted by Gasteiger charge is -2.20. The van der Waals surface area contributed by atoms with Crippen molar-refractivity contribution in [2.75, 3.05) is 7.11 Å². The average molecular weight is 192 g/mol. The van der Waals surface area contributed by atoms with Gasteiger partial charge in [-0.05, 0) is 24.3 Å². The molecular weight excluding hydrogens is 176 g/mol. The van der Waals surface area contributed by atoms with Crippen molar-refractivity contribution in [2.45, 2.75) is 25.8 Å². The Labute approximate surface area is 84.3 Å². The summed E-state index contributed by atoms with van der Waals surface area (Å²) in [6.07, 6.45) is 4.13. The number of ether oxygens (including phenoxy) is 1.